The molecule has 1 aliphatic heterocycles. The summed E-state index contributed by atoms with van der Waals surface area (Å²) in [7, 11) is 0. The predicted molar refractivity (Wildman–Crippen MR) is 71.1 cm³/mol. The van der Waals surface area contributed by atoms with Crippen LogP contribution in [-0.2, 0) is 9.59 Å². The lowest BCUT2D eigenvalue weighted by Gasteiger charge is -2.30. The zero-order chi connectivity index (χ0) is 13.4. The van der Waals surface area contributed by atoms with Gasteiger partial charge in [0.05, 0.1) is 0 Å². The molecule has 0 spiro atoms. The molecule has 0 aromatic carbocycles. The lowest BCUT2D eigenvalue weighted by Crippen LogP contribution is -2.48. The molecule has 0 saturated carbocycles. The number of rotatable bonds is 6. The van der Waals surface area contributed by atoms with Gasteiger partial charge in [-0.1, -0.05) is 13.8 Å². The van der Waals surface area contributed by atoms with Gasteiger partial charge in [-0.05, 0) is 31.8 Å². The maximum absolute atomic E-state index is 11.7. The summed E-state index contributed by atoms with van der Waals surface area (Å²) in [5, 5.41) is 9.09. The van der Waals surface area contributed by atoms with Gasteiger partial charge in [0.2, 0.25) is 11.8 Å². The SMILES string of the molecule is CCCNC(=O)CCC(=O)NC1CCNCC1C. The van der Waals surface area contributed by atoms with E-state index in [0.717, 1.165) is 25.9 Å². The highest BCUT2D eigenvalue weighted by atomic mass is 16.2. The van der Waals surface area contributed by atoms with Crippen LogP contribution in [0.1, 0.15) is 39.5 Å². The first-order chi connectivity index (χ1) is 8.63. The van der Waals surface area contributed by atoms with Crippen molar-refractivity contribution in [2.45, 2.75) is 45.6 Å². The number of hydrogen-bond donors (Lipinski definition) is 3. The van der Waals surface area contributed by atoms with Gasteiger partial charge in [-0.2, -0.15) is 0 Å². The van der Waals surface area contributed by atoms with Crippen LogP contribution >= 0.6 is 0 Å². The Balaban J connectivity index is 2.18. The van der Waals surface area contributed by atoms with E-state index in [0.29, 0.717) is 12.5 Å². The molecule has 0 aliphatic carbocycles. The van der Waals surface area contributed by atoms with E-state index in [1.54, 1.807) is 0 Å². The molecule has 3 N–H and O–H groups in total. The molecule has 18 heavy (non-hydrogen) atoms. The first kappa shape index (κ1) is 15.0. The number of carbonyl (C=O) groups excluding carboxylic acids is 2. The third kappa shape index (κ3) is 5.49. The Labute approximate surface area is 109 Å². The molecule has 1 saturated heterocycles. The fourth-order valence-electron chi connectivity index (χ4n) is 2.09. The Morgan fingerprint density at radius 3 is 2.67 bits per heavy atom. The minimum Gasteiger partial charge on any atom is -0.356 e. The first-order valence-electron chi connectivity index (χ1n) is 6.90. The van der Waals surface area contributed by atoms with Crippen LogP contribution in [0.15, 0.2) is 0 Å². The maximum Gasteiger partial charge on any atom is 0.220 e. The molecule has 0 aromatic rings. The molecule has 1 rings (SSSR count). The maximum atomic E-state index is 11.7. The van der Waals surface area contributed by atoms with Crippen molar-refractivity contribution in [2.24, 2.45) is 5.92 Å². The summed E-state index contributed by atoms with van der Waals surface area (Å²) in [6.07, 6.45) is 2.46. The molecule has 5 heteroatoms. The topological polar surface area (TPSA) is 70.2 Å². The number of amides is 2. The second kappa shape index (κ2) is 8.08. The van der Waals surface area contributed by atoms with Crippen molar-refractivity contribution in [3.63, 3.8) is 0 Å². The van der Waals surface area contributed by atoms with Crippen LogP contribution in [0.4, 0.5) is 0 Å². The minimum atomic E-state index is -0.0367. The first-order valence-corrected chi connectivity index (χ1v) is 6.90. The lowest BCUT2D eigenvalue weighted by molar-refractivity contribution is -0.127. The third-order valence-corrected chi connectivity index (χ3v) is 3.28. The zero-order valence-electron chi connectivity index (χ0n) is 11.4. The van der Waals surface area contributed by atoms with Crippen molar-refractivity contribution in [3.05, 3.63) is 0 Å². The highest BCUT2D eigenvalue weighted by Crippen LogP contribution is 2.10. The van der Waals surface area contributed by atoms with E-state index in [1.807, 2.05) is 6.92 Å². The summed E-state index contributed by atoms with van der Waals surface area (Å²) in [5.74, 6) is 0.405. The van der Waals surface area contributed by atoms with Gasteiger partial charge >= 0.3 is 0 Å². The summed E-state index contributed by atoms with van der Waals surface area (Å²) in [4.78, 5) is 23.1. The van der Waals surface area contributed by atoms with Gasteiger partial charge in [0.1, 0.15) is 0 Å². The van der Waals surface area contributed by atoms with Crippen molar-refractivity contribution in [1.82, 2.24) is 16.0 Å². The van der Waals surface area contributed by atoms with E-state index in [4.69, 9.17) is 0 Å². The molecule has 1 aliphatic rings. The van der Waals surface area contributed by atoms with Crippen molar-refractivity contribution >= 4 is 11.8 Å². The molecule has 0 aromatic heterocycles. The Morgan fingerprint density at radius 2 is 2.00 bits per heavy atom. The molecule has 5 nitrogen and oxygen atoms in total. The van der Waals surface area contributed by atoms with E-state index in [9.17, 15) is 9.59 Å². The number of hydrogen-bond acceptors (Lipinski definition) is 3. The van der Waals surface area contributed by atoms with Crippen LogP contribution < -0.4 is 16.0 Å². The van der Waals surface area contributed by atoms with E-state index >= 15 is 0 Å². The normalized spacial score (nSPS) is 23.4. The standard InChI is InChI=1S/C13H25N3O2/c1-3-7-15-12(17)4-5-13(18)16-11-6-8-14-9-10(11)2/h10-11,14H,3-9H2,1-2H3,(H,15,17)(H,16,18). The molecule has 104 valence electrons. The van der Waals surface area contributed by atoms with Crippen molar-refractivity contribution in [1.29, 1.82) is 0 Å². The van der Waals surface area contributed by atoms with Crippen LogP contribution in [0.25, 0.3) is 0 Å². The fourth-order valence-corrected chi connectivity index (χ4v) is 2.09. The smallest absolute Gasteiger partial charge is 0.220 e. The van der Waals surface area contributed by atoms with Gasteiger partial charge in [-0.25, -0.2) is 0 Å². The summed E-state index contributed by atoms with van der Waals surface area (Å²) in [6.45, 7) is 6.72. The van der Waals surface area contributed by atoms with Gasteiger partial charge in [-0.3, -0.25) is 9.59 Å². The van der Waals surface area contributed by atoms with Gasteiger partial charge in [0.25, 0.3) is 0 Å². The predicted octanol–water partition coefficient (Wildman–Crippen LogP) is 0.407. The van der Waals surface area contributed by atoms with Gasteiger partial charge < -0.3 is 16.0 Å². The largest absolute Gasteiger partial charge is 0.356 e. The summed E-state index contributed by atoms with van der Waals surface area (Å²) in [5.41, 5.74) is 0. The average molecular weight is 255 g/mol. The second-order valence-electron chi connectivity index (χ2n) is 4.99. The number of carbonyl (C=O) groups is 2. The summed E-state index contributed by atoms with van der Waals surface area (Å²) >= 11 is 0. The zero-order valence-corrected chi connectivity index (χ0v) is 11.4. The van der Waals surface area contributed by atoms with Crippen molar-refractivity contribution < 1.29 is 9.59 Å². The monoisotopic (exact) mass is 255 g/mol. The van der Waals surface area contributed by atoms with E-state index in [-0.39, 0.29) is 30.7 Å². The lowest BCUT2D eigenvalue weighted by atomic mass is 9.95. The molecule has 0 bridgehead atoms. The fraction of sp³-hybridized carbons (Fsp3) is 0.846. The molecular weight excluding hydrogens is 230 g/mol. The third-order valence-electron chi connectivity index (χ3n) is 3.28. The molecular formula is C13H25N3O2. The van der Waals surface area contributed by atoms with Crippen LogP contribution in [0.5, 0.6) is 0 Å². The Hall–Kier alpha value is -1.10. The van der Waals surface area contributed by atoms with E-state index in [2.05, 4.69) is 22.9 Å². The Bertz CT molecular complexity index is 281. The Kier molecular flexibility index (Phi) is 6.72. The molecule has 0 radical (unpaired) electrons. The van der Waals surface area contributed by atoms with Crippen molar-refractivity contribution in [2.75, 3.05) is 19.6 Å². The number of nitrogens with one attached hydrogen (secondary N) is 3. The molecule has 2 atom stereocenters. The average Bonchev–Trinajstić information content (AvgIpc) is 2.36. The highest BCUT2D eigenvalue weighted by molar-refractivity contribution is 5.83. The molecule has 1 heterocycles. The van der Waals surface area contributed by atoms with Crippen LogP contribution in [-0.4, -0.2) is 37.5 Å². The van der Waals surface area contributed by atoms with Gasteiger partial charge in [0.15, 0.2) is 0 Å². The van der Waals surface area contributed by atoms with Crippen LogP contribution in [0.2, 0.25) is 0 Å². The molecule has 2 amide bonds. The van der Waals surface area contributed by atoms with Crippen LogP contribution in [0.3, 0.4) is 0 Å². The number of piperidine rings is 1. The Morgan fingerprint density at radius 1 is 1.28 bits per heavy atom. The second-order valence-corrected chi connectivity index (χ2v) is 4.99. The molecule has 1 fully saturated rings. The molecule has 2 unspecified atom stereocenters. The van der Waals surface area contributed by atoms with Crippen molar-refractivity contribution in [3.8, 4) is 0 Å². The van der Waals surface area contributed by atoms with E-state index < -0.39 is 0 Å². The van der Waals surface area contributed by atoms with Gasteiger partial charge in [0, 0.05) is 25.4 Å². The highest BCUT2D eigenvalue weighted by Gasteiger charge is 2.22. The van der Waals surface area contributed by atoms with Crippen LogP contribution in [0, 0.1) is 5.92 Å². The van der Waals surface area contributed by atoms with Gasteiger partial charge in [-0.15, -0.1) is 0 Å². The summed E-state index contributed by atoms with van der Waals surface area (Å²) < 4.78 is 0. The minimum absolute atomic E-state index is 0.0135. The summed E-state index contributed by atoms with van der Waals surface area (Å²) in [6, 6.07) is 0.248. The van der Waals surface area contributed by atoms with E-state index in [1.165, 1.54) is 0 Å². The quantitative estimate of drug-likeness (QED) is 0.644.